The van der Waals surface area contributed by atoms with Crippen LogP contribution in [0.4, 0.5) is 0 Å². The van der Waals surface area contributed by atoms with E-state index in [1.165, 1.54) is 16.9 Å². The van der Waals surface area contributed by atoms with Crippen molar-refractivity contribution in [2.45, 2.75) is 6.92 Å². The molecular weight excluding hydrogens is 304 g/mol. The quantitative estimate of drug-likeness (QED) is 0.496. The van der Waals surface area contributed by atoms with Crippen molar-refractivity contribution in [3.05, 3.63) is 56.1 Å². The summed E-state index contributed by atoms with van der Waals surface area (Å²) in [4.78, 5) is 24.5. The van der Waals surface area contributed by atoms with E-state index in [9.17, 15) is 9.59 Å². The Morgan fingerprint density at radius 3 is 2.95 bits per heavy atom. The van der Waals surface area contributed by atoms with Gasteiger partial charge in [-0.15, -0.1) is 10.2 Å². The number of aromatic nitrogens is 4. The maximum Gasteiger partial charge on any atom is 0.336 e. The van der Waals surface area contributed by atoms with Crippen molar-refractivity contribution in [3.8, 4) is 11.3 Å². The monoisotopic (exact) mass is 312 g/mol. The van der Waals surface area contributed by atoms with Crippen molar-refractivity contribution in [1.29, 1.82) is 0 Å². The molecular formula is C14H8N4O3S. The molecule has 0 amide bonds. The van der Waals surface area contributed by atoms with E-state index in [2.05, 4.69) is 15.3 Å². The zero-order valence-electron chi connectivity index (χ0n) is 11.3. The van der Waals surface area contributed by atoms with Gasteiger partial charge in [0.1, 0.15) is 11.9 Å². The van der Waals surface area contributed by atoms with E-state index in [1.807, 2.05) is 19.1 Å². The standard InChI is InChI=1S/C14H8N4O3S/c1-7-2-3-8-9(5-11(19)21-10(8)4-7)12-13(20)22-14-16-15-6-18(14)17-12/h2-6H,1H3. The second-order valence-electron chi connectivity index (χ2n) is 4.77. The summed E-state index contributed by atoms with van der Waals surface area (Å²) in [5.41, 5.74) is 1.49. The molecule has 4 aromatic rings. The Bertz CT molecular complexity index is 1140. The van der Waals surface area contributed by atoms with Crippen LogP contribution in [0, 0.1) is 6.92 Å². The molecule has 22 heavy (non-hydrogen) atoms. The molecule has 0 aliphatic carbocycles. The van der Waals surface area contributed by atoms with Gasteiger partial charge in [-0.3, -0.25) is 4.79 Å². The maximum atomic E-state index is 12.3. The van der Waals surface area contributed by atoms with Crippen molar-refractivity contribution in [2.75, 3.05) is 0 Å². The Balaban J connectivity index is 2.13. The number of rotatable bonds is 1. The molecule has 0 N–H and O–H groups in total. The van der Waals surface area contributed by atoms with E-state index in [0.29, 0.717) is 21.5 Å². The van der Waals surface area contributed by atoms with Crippen LogP contribution in [-0.2, 0) is 0 Å². The molecule has 0 spiro atoms. The third-order valence-electron chi connectivity index (χ3n) is 3.24. The molecule has 3 heterocycles. The summed E-state index contributed by atoms with van der Waals surface area (Å²) in [5.74, 6) is 0. The van der Waals surface area contributed by atoms with E-state index >= 15 is 0 Å². The number of aryl methyl sites for hydroxylation is 1. The number of fused-ring (bicyclic) bond motifs is 2. The van der Waals surface area contributed by atoms with E-state index in [4.69, 9.17) is 4.42 Å². The Labute approximate surface area is 126 Å². The van der Waals surface area contributed by atoms with Crippen LogP contribution in [0.5, 0.6) is 0 Å². The molecule has 3 aromatic heterocycles. The zero-order chi connectivity index (χ0) is 15.3. The fourth-order valence-electron chi connectivity index (χ4n) is 2.26. The third-order valence-corrected chi connectivity index (χ3v) is 4.07. The lowest BCUT2D eigenvalue weighted by molar-refractivity contribution is 0.561. The molecule has 1 aromatic carbocycles. The van der Waals surface area contributed by atoms with Crippen molar-refractivity contribution < 1.29 is 4.42 Å². The van der Waals surface area contributed by atoms with Crippen LogP contribution in [0.25, 0.3) is 27.2 Å². The van der Waals surface area contributed by atoms with E-state index in [-0.39, 0.29) is 10.4 Å². The summed E-state index contributed by atoms with van der Waals surface area (Å²) in [5, 5.41) is 12.4. The van der Waals surface area contributed by atoms with Gasteiger partial charge in [0.15, 0.2) is 5.69 Å². The Kier molecular flexibility index (Phi) is 2.67. The molecule has 7 nitrogen and oxygen atoms in total. The molecule has 8 heteroatoms. The van der Waals surface area contributed by atoms with Crippen LogP contribution in [0.1, 0.15) is 5.56 Å². The third kappa shape index (κ3) is 1.92. The highest BCUT2D eigenvalue weighted by molar-refractivity contribution is 7.14. The lowest BCUT2D eigenvalue weighted by Crippen LogP contribution is -2.09. The van der Waals surface area contributed by atoms with Crippen molar-refractivity contribution in [3.63, 3.8) is 0 Å². The molecule has 0 saturated heterocycles. The first-order valence-electron chi connectivity index (χ1n) is 6.38. The second-order valence-corrected chi connectivity index (χ2v) is 5.71. The van der Waals surface area contributed by atoms with Gasteiger partial charge in [-0.05, 0) is 18.6 Å². The summed E-state index contributed by atoms with van der Waals surface area (Å²) in [6, 6.07) is 6.73. The first-order valence-corrected chi connectivity index (χ1v) is 7.19. The largest absolute Gasteiger partial charge is 0.423 e. The van der Waals surface area contributed by atoms with Crippen molar-refractivity contribution in [2.24, 2.45) is 0 Å². The van der Waals surface area contributed by atoms with Gasteiger partial charge in [0, 0.05) is 17.0 Å². The fraction of sp³-hybridized carbons (Fsp3) is 0.0714. The minimum Gasteiger partial charge on any atom is -0.423 e. The van der Waals surface area contributed by atoms with Crippen LogP contribution >= 0.6 is 11.3 Å². The SMILES string of the molecule is Cc1ccc2c(-c3nn4cnnc4sc3=O)cc(=O)oc2c1. The van der Waals surface area contributed by atoms with Gasteiger partial charge < -0.3 is 4.42 Å². The van der Waals surface area contributed by atoms with Gasteiger partial charge in [-0.2, -0.15) is 9.61 Å². The molecule has 0 aliphatic rings. The van der Waals surface area contributed by atoms with Crippen LogP contribution in [0.15, 0.2) is 44.6 Å². The zero-order valence-corrected chi connectivity index (χ0v) is 12.1. The average Bonchev–Trinajstić information content (AvgIpc) is 2.92. The van der Waals surface area contributed by atoms with Crippen LogP contribution in [0.3, 0.4) is 0 Å². The molecule has 0 unspecified atom stereocenters. The molecule has 0 bridgehead atoms. The number of hydrogen-bond donors (Lipinski definition) is 0. The molecule has 4 rings (SSSR count). The highest BCUT2D eigenvalue weighted by atomic mass is 32.1. The second kappa shape index (κ2) is 4.57. The summed E-state index contributed by atoms with van der Waals surface area (Å²) in [6.45, 7) is 1.90. The number of benzene rings is 1. The smallest absolute Gasteiger partial charge is 0.336 e. The molecule has 0 saturated carbocycles. The van der Waals surface area contributed by atoms with E-state index in [1.54, 1.807) is 6.07 Å². The predicted molar refractivity (Wildman–Crippen MR) is 81.1 cm³/mol. The van der Waals surface area contributed by atoms with Gasteiger partial charge in [0.25, 0.3) is 4.74 Å². The minimum atomic E-state index is -0.525. The average molecular weight is 312 g/mol. The summed E-state index contributed by atoms with van der Waals surface area (Å²) < 4.78 is 6.33. The normalized spacial score (nSPS) is 11.3. The molecule has 0 aliphatic heterocycles. The van der Waals surface area contributed by atoms with Gasteiger partial charge in [0.2, 0.25) is 4.96 Å². The highest BCUT2D eigenvalue weighted by Crippen LogP contribution is 2.25. The van der Waals surface area contributed by atoms with Crippen LogP contribution in [-0.4, -0.2) is 19.8 Å². The van der Waals surface area contributed by atoms with Gasteiger partial charge in [-0.1, -0.05) is 23.5 Å². The molecule has 0 radical (unpaired) electrons. The van der Waals surface area contributed by atoms with Gasteiger partial charge in [0.05, 0.1) is 0 Å². The summed E-state index contributed by atoms with van der Waals surface area (Å²) in [6.07, 6.45) is 1.41. The molecule has 0 atom stereocenters. The predicted octanol–water partition coefficient (Wildman–Crippen LogP) is 1.63. The van der Waals surface area contributed by atoms with Crippen molar-refractivity contribution in [1.82, 2.24) is 19.8 Å². The summed E-state index contributed by atoms with van der Waals surface area (Å²) in [7, 11) is 0. The molecule has 108 valence electrons. The Hall–Kier alpha value is -2.87. The minimum absolute atomic E-state index is 0.180. The van der Waals surface area contributed by atoms with Gasteiger partial charge >= 0.3 is 5.63 Å². The fourth-order valence-corrected chi connectivity index (χ4v) is 2.95. The Morgan fingerprint density at radius 2 is 2.09 bits per heavy atom. The van der Waals surface area contributed by atoms with E-state index < -0.39 is 5.63 Å². The maximum absolute atomic E-state index is 12.3. The van der Waals surface area contributed by atoms with Gasteiger partial charge in [-0.25, -0.2) is 4.79 Å². The molecule has 0 fully saturated rings. The Morgan fingerprint density at radius 1 is 1.23 bits per heavy atom. The van der Waals surface area contributed by atoms with Crippen LogP contribution in [0.2, 0.25) is 0 Å². The first kappa shape index (κ1) is 12.8. The number of hydrogen-bond acceptors (Lipinski definition) is 7. The lowest BCUT2D eigenvalue weighted by Gasteiger charge is -2.04. The number of nitrogens with zero attached hydrogens (tertiary/aromatic N) is 4. The lowest BCUT2D eigenvalue weighted by atomic mass is 10.1. The van der Waals surface area contributed by atoms with Crippen molar-refractivity contribution >= 4 is 27.3 Å². The van der Waals surface area contributed by atoms with E-state index in [0.717, 1.165) is 16.9 Å². The summed E-state index contributed by atoms with van der Waals surface area (Å²) >= 11 is 0.926. The van der Waals surface area contributed by atoms with Crippen LogP contribution < -0.4 is 10.4 Å². The topological polar surface area (TPSA) is 90.4 Å². The highest BCUT2D eigenvalue weighted by Gasteiger charge is 2.14. The first-order chi connectivity index (χ1) is 10.6.